The molecule has 1 fully saturated rings. The molecule has 5 nitrogen and oxygen atoms in total. The third-order valence-electron chi connectivity index (χ3n) is 5.10. The van der Waals surface area contributed by atoms with Gasteiger partial charge in [0.25, 0.3) is 0 Å². The molecule has 0 radical (unpaired) electrons. The van der Waals surface area contributed by atoms with Gasteiger partial charge in [-0.1, -0.05) is 30.5 Å². The van der Waals surface area contributed by atoms with Crippen molar-refractivity contribution in [2.75, 3.05) is 6.54 Å². The maximum absolute atomic E-state index is 12.4. The van der Waals surface area contributed by atoms with Crippen molar-refractivity contribution in [3.05, 3.63) is 41.8 Å². The summed E-state index contributed by atoms with van der Waals surface area (Å²) in [7, 11) is 0. The van der Waals surface area contributed by atoms with Crippen molar-refractivity contribution in [3.8, 4) is 11.5 Å². The molecule has 0 spiro atoms. The van der Waals surface area contributed by atoms with E-state index < -0.39 is 5.54 Å². The van der Waals surface area contributed by atoms with Gasteiger partial charge in [-0.3, -0.25) is 4.79 Å². The number of benzene rings is 1. The Morgan fingerprint density at radius 3 is 2.84 bits per heavy atom. The summed E-state index contributed by atoms with van der Waals surface area (Å²) < 4.78 is 5.55. The van der Waals surface area contributed by atoms with E-state index in [1.165, 1.54) is 5.56 Å². The highest BCUT2D eigenvalue weighted by Crippen LogP contribution is 2.31. The zero-order chi connectivity index (χ0) is 17.9. The first kappa shape index (κ1) is 17.7. The monoisotopic (exact) mass is 341 g/mol. The zero-order valence-electron chi connectivity index (χ0n) is 15.0. The second kappa shape index (κ2) is 7.40. The minimum absolute atomic E-state index is 0.0620. The Labute approximate surface area is 149 Å². The third kappa shape index (κ3) is 4.28. The lowest BCUT2D eigenvalue weighted by atomic mass is 9.74. The van der Waals surface area contributed by atoms with Crippen LogP contribution in [0.1, 0.15) is 43.9 Å². The smallest absolute Gasteiger partial charge is 0.226 e. The highest BCUT2D eigenvalue weighted by Gasteiger charge is 2.37. The van der Waals surface area contributed by atoms with E-state index in [2.05, 4.69) is 10.3 Å². The van der Waals surface area contributed by atoms with Gasteiger partial charge in [-0.15, -0.1) is 0 Å². The Hall–Kier alpha value is -2.14. The molecule has 2 atom stereocenters. The molecule has 25 heavy (non-hydrogen) atoms. The number of nitrogens with one attached hydrogen (secondary N) is 1. The number of aromatic nitrogens is 1. The average Bonchev–Trinajstić information content (AvgIpc) is 3.04. The predicted octanol–water partition coefficient (Wildman–Crippen LogP) is 3.22. The number of hydrogen-bond acceptors (Lipinski definition) is 4. The van der Waals surface area contributed by atoms with E-state index in [-0.39, 0.29) is 11.8 Å². The molecule has 5 heteroatoms. The molecule has 1 heterocycles. The van der Waals surface area contributed by atoms with Gasteiger partial charge < -0.3 is 15.5 Å². The standard InChI is InChI=1S/C20H27N3O2/c1-14-6-8-15(9-7-14)19-23-16(13-25-19)10-12-22-18(24)17-5-3-4-11-20(17,2)21/h6-9,13,17H,3-5,10-12,21H2,1-2H3,(H,22,24). The van der Waals surface area contributed by atoms with Crippen LogP contribution in [0.4, 0.5) is 0 Å². The molecule has 1 aromatic heterocycles. The maximum Gasteiger partial charge on any atom is 0.226 e. The molecular formula is C20H27N3O2. The number of nitrogens with zero attached hydrogens (tertiary/aromatic N) is 1. The van der Waals surface area contributed by atoms with Crippen LogP contribution in [-0.2, 0) is 11.2 Å². The second-order valence-corrected chi connectivity index (χ2v) is 7.36. The van der Waals surface area contributed by atoms with Gasteiger partial charge in [0.05, 0.1) is 11.6 Å². The van der Waals surface area contributed by atoms with E-state index in [0.29, 0.717) is 18.9 Å². The summed E-state index contributed by atoms with van der Waals surface area (Å²) in [6, 6.07) is 8.07. The van der Waals surface area contributed by atoms with Crippen molar-refractivity contribution in [3.63, 3.8) is 0 Å². The predicted molar refractivity (Wildman–Crippen MR) is 97.9 cm³/mol. The lowest BCUT2D eigenvalue weighted by Gasteiger charge is -2.37. The van der Waals surface area contributed by atoms with Gasteiger partial charge in [-0.05, 0) is 38.8 Å². The fourth-order valence-electron chi connectivity index (χ4n) is 3.48. The van der Waals surface area contributed by atoms with Crippen LogP contribution in [-0.4, -0.2) is 23.0 Å². The molecule has 2 aromatic rings. The Morgan fingerprint density at radius 2 is 2.12 bits per heavy atom. The Balaban J connectivity index is 1.52. The number of carbonyl (C=O) groups excluding carboxylic acids is 1. The number of aryl methyl sites for hydroxylation is 1. The summed E-state index contributed by atoms with van der Waals surface area (Å²) in [5.74, 6) is 0.580. The summed E-state index contributed by atoms with van der Waals surface area (Å²) in [6.07, 6.45) is 6.28. The highest BCUT2D eigenvalue weighted by atomic mass is 16.3. The molecular weight excluding hydrogens is 314 g/mol. The number of oxazole rings is 1. The van der Waals surface area contributed by atoms with Gasteiger partial charge >= 0.3 is 0 Å². The van der Waals surface area contributed by atoms with E-state index >= 15 is 0 Å². The molecule has 3 N–H and O–H groups in total. The van der Waals surface area contributed by atoms with E-state index in [1.54, 1.807) is 6.26 Å². The molecule has 3 rings (SSSR count). The summed E-state index contributed by atoms with van der Waals surface area (Å²) in [4.78, 5) is 16.9. The van der Waals surface area contributed by atoms with Crippen LogP contribution in [0.2, 0.25) is 0 Å². The Kier molecular flexibility index (Phi) is 5.23. The molecule has 1 aliphatic carbocycles. The Morgan fingerprint density at radius 1 is 1.36 bits per heavy atom. The SMILES string of the molecule is Cc1ccc(-c2nc(CCNC(=O)C3CCCCC3(C)N)co2)cc1. The van der Waals surface area contributed by atoms with Crippen molar-refractivity contribution in [1.29, 1.82) is 0 Å². The normalized spacial score (nSPS) is 23.4. The Bertz CT molecular complexity index is 719. The van der Waals surface area contributed by atoms with Crippen molar-refractivity contribution < 1.29 is 9.21 Å². The molecule has 0 aliphatic heterocycles. The van der Waals surface area contributed by atoms with Gasteiger partial charge in [-0.25, -0.2) is 4.98 Å². The number of hydrogen-bond donors (Lipinski definition) is 2. The van der Waals surface area contributed by atoms with Crippen LogP contribution in [0.5, 0.6) is 0 Å². The average molecular weight is 341 g/mol. The number of amides is 1. The molecule has 1 aromatic carbocycles. The lowest BCUT2D eigenvalue weighted by molar-refractivity contribution is -0.128. The van der Waals surface area contributed by atoms with Crippen LogP contribution in [0.25, 0.3) is 11.5 Å². The quantitative estimate of drug-likeness (QED) is 0.875. The van der Waals surface area contributed by atoms with Crippen LogP contribution in [0.3, 0.4) is 0 Å². The van der Waals surface area contributed by atoms with Gasteiger partial charge in [0.2, 0.25) is 11.8 Å². The first-order valence-corrected chi connectivity index (χ1v) is 9.04. The van der Waals surface area contributed by atoms with Crippen molar-refractivity contribution in [1.82, 2.24) is 10.3 Å². The zero-order valence-corrected chi connectivity index (χ0v) is 15.0. The summed E-state index contributed by atoms with van der Waals surface area (Å²) >= 11 is 0. The van der Waals surface area contributed by atoms with Crippen LogP contribution >= 0.6 is 0 Å². The largest absolute Gasteiger partial charge is 0.444 e. The van der Waals surface area contributed by atoms with E-state index in [1.807, 2.05) is 38.1 Å². The van der Waals surface area contributed by atoms with Gasteiger partial charge in [0.15, 0.2) is 0 Å². The lowest BCUT2D eigenvalue weighted by Crippen LogP contribution is -2.53. The van der Waals surface area contributed by atoms with Gasteiger partial charge in [-0.2, -0.15) is 0 Å². The summed E-state index contributed by atoms with van der Waals surface area (Å²) in [5.41, 5.74) is 8.91. The topological polar surface area (TPSA) is 81.2 Å². The fraction of sp³-hybridized carbons (Fsp3) is 0.500. The van der Waals surface area contributed by atoms with Crippen molar-refractivity contribution in [2.24, 2.45) is 11.7 Å². The third-order valence-corrected chi connectivity index (χ3v) is 5.10. The first-order valence-electron chi connectivity index (χ1n) is 9.04. The van der Waals surface area contributed by atoms with E-state index in [0.717, 1.165) is 36.9 Å². The number of carbonyl (C=O) groups is 1. The minimum Gasteiger partial charge on any atom is -0.444 e. The van der Waals surface area contributed by atoms with E-state index in [9.17, 15) is 4.79 Å². The highest BCUT2D eigenvalue weighted by molar-refractivity contribution is 5.80. The van der Waals surface area contributed by atoms with Crippen LogP contribution < -0.4 is 11.1 Å². The van der Waals surface area contributed by atoms with Crippen LogP contribution in [0.15, 0.2) is 34.9 Å². The molecule has 1 aliphatic rings. The number of rotatable bonds is 5. The van der Waals surface area contributed by atoms with Gasteiger partial charge in [0, 0.05) is 24.1 Å². The summed E-state index contributed by atoms with van der Waals surface area (Å²) in [5, 5.41) is 3.01. The fourth-order valence-corrected chi connectivity index (χ4v) is 3.48. The van der Waals surface area contributed by atoms with Crippen LogP contribution in [0, 0.1) is 12.8 Å². The second-order valence-electron chi connectivity index (χ2n) is 7.36. The minimum atomic E-state index is -0.394. The van der Waals surface area contributed by atoms with Crippen molar-refractivity contribution in [2.45, 2.75) is 51.5 Å². The maximum atomic E-state index is 12.4. The van der Waals surface area contributed by atoms with E-state index in [4.69, 9.17) is 10.2 Å². The van der Waals surface area contributed by atoms with Crippen molar-refractivity contribution >= 4 is 5.91 Å². The molecule has 0 bridgehead atoms. The molecule has 1 amide bonds. The van der Waals surface area contributed by atoms with Gasteiger partial charge in [0.1, 0.15) is 6.26 Å². The first-order chi connectivity index (χ1) is 12.0. The molecule has 134 valence electrons. The molecule has 2 unspecified atom stereocenters. The molecule has 1 saturated carbocycles. The number of nitrogens with two attached hydrogens (primary N) is 1. The summed E-state index contributed by atoms with van der Waals surface area (Å²) in [6.45, 7) is 4.58. The molecule has 0 saturated heterocycles.